The summed E-state index contributed by atoms with van der Waals surface area (Å²) >= 11 is 0. The Kier molecular flexibility index (Phi) is 2.88. The summed E-state index contributed by atoms with van der Waals surface area (Å²) in [5.74, 6) is -0.637. The van der Waals surface area contributed by atoms with Gasteiger partial charge in [-0.3, -0.25) is 14.3 Å². The summed E-state index contributed by atoms with van der Waals surface area (Å²) in [5, 5.41) is 3.69. The van der Waals surface area contributed by atoms with Crippen molar-refractivity contribution in [2.75, 3.05) is 18.0 Å². The largest absolute Gasteiger partial charge is 0.433 e. The van der Waals surface area contributed by atoms with Gasteiger partial charge in [-0.1, -0.05) is 0 Å². The first-order chi connectivity index (χ1) is 8.27. The van der Waals surface area contributed by atoms with Crippen molar-refractivity contribution in [1.29, 1.82) is 0 Å². The van der Waals surface area contributed by atoms with E-state index in [1.54, 1.807) is 0 Å². The zero-order valence-corrected chi connectivity index (χ0v) is 9.49. The highest BCUT2D eigenvalue weighted by Crippen LogP contribution is 2.31. The van der Waals surface area contributed by atoms with E-state index in [4.69, 9.17) is 0 Å². The monoisotopic (exact) mass is 261 g/mol. The maximum atomic E-state index is 12.6. The minimum Gasteiger partial charge on any atom is -0.340 e. The molecular weight excluding hydrogens is 251 g/mol. The molecule has 0 amide bonds. The molecule has 2 heterocycles. The van der Waals surface area contributed by atoms with Crippen LogP contribution in [-0.4, -0.2) is 34.4 Å². The van der Waals surface area contributed by atoms with Gasteiger partial charge in [0.15, 0.2) is 17.4 Å². The van der Waals surface area contributed by atoms with Crippen LogP contribution in [0.1, 0.15) is 12.1 Å². The molecule has 0 spiro atoms. The number of anilines is 1. The van der Waals surface area contributed by atoms with Gasteiger partial charge in [0.25, 0.3) is 0 Å². The second-order valence-electron chi connectivity index (χ2n) is 4.12. The Balaban J connectivity index is 2.29. The quantitative estimate of drug-likeness (QED) is 0.701. The van der Waals surface area contributed by atoms with Gasteiger partial charge in [0.2, 0.25) is 0 Å². The molecule has 98 valence electrons. The van der Waals surface area contributed by atoms with E-state index in [1.165, 1.54) is 11.9 Å². The third-order valence-electron chi connectivity index (χ3n) is 2.61. The number of rotatable bonds is 1. The van der Waals surface area contributed by atoms with Crippen LogP contribution in [-0.2, 0) is 22.8 Å². The molecule has 0 aromatic carbocycles. The Bertz CT molecular complexity index is 491. The van der Waals surface area contributed by atoms with Crippen LogP contribution in [0.25, 0.3) is 0 Å². The summed E-state index contributed by atoms with van der Waals surface area (Å²) in [6.45, 7) is -0.167. The Morgan fingerprint density at radius 3 is 2.22 bits per heavy atom. The molecule has 0 unspecified atom stereocenters. The summed E-state index contributed by atoms with van der Waals surface area (Å²) in [4.78, 5) is 23.7. The van der Waals surface area contributed by atoms with Crippen molar-refractivity contribution in [2.24, 2.45) is 7.05 Å². The fourth-order valence-corrected chi connectivity index (χ4v) is 1.85. The second kappa shape index (κ2) is 4.11. The summed E-state index contributed by atoms with van der Waals surface area (Å²) in [7, 11) is 1.17. The lowest BCUT2D eigenvalue weighted by atomic mass is 10.1. The van der Waals surface area contributed by atoms with Gasteiger partial charge in [-0.25, -0.2) is 0 Å². The van der Waals surface area contributed by atoms with Crippen molar-refractivity contribution >= 4 is 17.4 Å². The Labute approximate surface area is 100 Å². The van der Waals surface area contributed by atoms with Crippen LogP contribution in [0.2, 0.25) is 0 Å². The van der Waals surface area contributed by atoms with Crippen molar-refractivity contribution in [1.82, 2.24) is 9.78 Å². The average Bonchev–Trinajstić information content (AvgIpc) is 2.58. The van der Waals surface area contributed by atoms with Crippen molar-refractivity contribution < 1.29 is 22.8 Å². The maximum absolute atomic E-state index is 12.6. The minimum atomic E-state index is -4.51. The lowest BCUT2D eigenvalue weighted by Gasteiger charge is -2.24. The second-order valence-corrected chi connectivity index (χ2v) is 4.12. The smallest absolute Gasteiger partial charge is 0.340 e. The number of alkyl halides is 3. The van der Waals surface area contributed by atoms with E-state index in [2.05, 4.69) is 5.10 Å². The van der Waals surface area contributed by atoms with Gasteiger partial charge in [-0.2, -0.15) is 18.3 Å². The third-order valence-corrected chi connectivity index (χ3v) is 2.61. The van der Waals surface area contributed by atoms with Gasteiger partial charge in [-0.15, -0.1) is 0 Å². The molecule has 0 atom stereocenters. The van der Waals surface area contributed by atoms with E-state index in [9.17, 15) is 22.8 Å². The van der Waals surface area contributed by atoms with E-state index < -0.39 is 11.9 Å². The molecule has 1 saturated heterocycles. The van der Waals surface area contributed by atoms with Crippen molar-refractivity contribution in [3.8, 4) is 0 Å². The molecule has 0 radical (unpaired) electrons. The zero-order valence-electron chi connectivity index (χ0n) is 9.49. The highest BCUT2D eigenvalue weighted by molar-refractivity contribution is 6.05. The predicted octanol–water partition coefficient (Wildman–Crippen LogP) is 0.787. The van der Waals surface area contributed by atoms with Crippen LogP contribution < -0.4 is 4.90 Å². The van der Waals surface area contributed by atoms with Crippen molar-refractivity contribution in [3.05, 3.63) is 11.8 Å². The predicted molar refractivity (Wildman–Crippen MR) is 55.1 cm³/mol. The molecule has 1 aliphatic rings. The van der Waals surface area contributed by atoms with E-state index in [0.29, 0.717) is 4.68 Å². The topological polar surface area (TPSA) is 55.2 Å². The lowest BCUT2D eigenvalue weighted by molar-refractivity contribution is -0.143. The molecule has 1 aromatic heterocycles. The molecule has 0 saturated carbocycles. The van der Waals surface area contributed by atoms with Gasteiger partial charge in [0.1, 0.15) is 5.69 Å². The molecule has 0 bridgehead atoms. The lowest BCUT2D eigenvalue weighted by Crippen LogP contribution is -2.41. The van der Waals surface area contributed by atoms with E-state index in [0.717, 1.165) is 6.07 Å². The summed E-state index contributed by atoms with van der Waals surface area (Å²) in [6, 6.07) is 0.839. The molecule has 0 N–H and O–H groups in total. The first kappa shape index (κ1) is 12.6. The Morgan fingerprint density at radius 1 is 1.22 bits per heavy atom. The van der Waals surface area contributed by atoms with E-state index in [-0.39, 0.29) is 36.9 Å². The number of piperidine rings is 1. The fraction of sp³-hybridized carbons (Fsp3) is 0.500. The number of hydrogen-bond acceptors (Lipinski definition) is 4. The Morgan fingerprint density at radius 2 is 1.78 bits per heavy atom. The molecule has 1 fully saturated rings. The summed E-state index contributed by atoms with van der Waals surface area (Å²) < 4.78 is 38.4. The zero-order chi connectivity index (χ0) is 13.5. The molecule has 2 rings (SSSR count). The van der Waals surface area contributed by atoms with Crippen molar-refractivity contribution in [3.63, 3.8) is 0 Å². The molecule has 5 nitrogen and oxygen atoms in total. The summed E-state index contributed by atoms with van der Waals surface area (Å²) in [6.07, 6.45) is -4.67. The molecule has 0 aliphatic carbocycles. The molecule has 1 aliphatic heterocycles. The summed E-state index contributed by atoms with van der Waals surface area (Å²) in [5.41, 5.74) is -0.914. The van der Waals surface area contributed by atoms with E-state index >= 15 is 0 Å². The maximum Gasteiger partial charge on any atom is 0.433 e. The number of ketones is 2. The Hall–Kier alpha value is -1.86. The van der Waals surface area contributed by atoms with Crippen LogP contribution in [0.3, 0.4) is 0 Å². The minimum absolute atomic E-state index is 0.00812. The number of halogens is 3. The number of carbonyl (C=O) groups excluding carboxylic acids is 2. The van der Waals surface area contributed by atoms with Gasteiger partial charge in [0, 0.05) is 13.1 Å². The molecule has 8 heteroatoms. The number of Topliss-reactive ketones (excluding diaryl/α,β-unsaturated/α-hetero) is 2. The normalized spacial score (nSPS) is 17.4. The third kappa shape index (κ3) is 2.36. The van der Waals surface area contributed by atoms with Crippen LogP contribution in [0.15, 0.2) is 6.07 Å². The highest BCUT2D eigenvalue weighted by atomic mass is 19.4. The SMILES string of the molecule is Cn1nc(N2CC(=O)CC(=O)C2)cc1C(F)(F)F. The van der Waals surface area contributed by atoms with Gasteiger partial charge in [0.05, 0.1) is 19.5 Å². The van der Waals surface area contributed by atoms with Crippen LogP contribution in [0.5, 0.6) is 0 Å². The molecule has 18 heavy (non-hydrogen) atoms. The van der Waals surface area contributed by atoms with Gasteiger partial charge >= 0.3 is 6.18 Å². The number of aryl methyl sites for hydroxylation is 1. The average molecular weight is 261 g/mol. The fourth-order valence-electron chi connectivity index (χ4n) is 1.85. The van der Waals surface area contributed by atoms with Gasteiger partial charge in [-0.05, 0) is 0 Å². The number of hydrogen-bond donors (Lipinski definition) is 0. The first-order valence-electron chi connectivity index (χ1n) is 5.17. The number of carbonyl (C=O) groups is 2. The number of nitrogens with zero attached hydrogens (tertiary/aromatic N) is 3. The standard InChI is InChI=1S/C10H10F3N3O2/c1-15-8(10(11,12)13)3-9(14-15)16-4-6(17)2-7(18)5-16/h3H,2,4-5H2,1H3. The van der Waals surface area contributed by atoms with Crippen LogP contribution in [0.4, 0.5) is 19.0 Å². The molecular formula is C10H10F3N3O2. The first-order valence-corrected chi connectivity index (χ1v) is 5.17. The highest BCUT2D eigenvalue weighted by Gasteiger charge is 2.36. The van der Waals surface area contributed by atoms with Crippen LogP contribution >= 0.6 is 0 Å². The number of aromatic nitrogens is 2. The van der Waals surface area contributed by atoms with Crippen molar-refractivity contribution in [2.45, 2.75) is 12.6 Å². The van der Waals surface area contributed by atoms with E-state index in [1.807, 2.05) is 0 Å². The van der Waals surface area contributed by atoms with Gasteiger partial charge < -0.3 is 4.90 Å². The van der Waals surface area contributed by atoms with Crippen LogP contribution in [0, 0.1) is 0 Å². The molecule has 1 aromatic rings.